The van der Waals surface area contributed by atoms with E-state index in [1.807, 2.05) is 6.07 Å². The Morgan fingerprint density at radius 1 is 0.885 bits per heavy atom. The fraction of sp³-hybridized carbons (Fsp3) is 0.100. The summed E-state index contributed by atoms with van der Waals surface area (Å²) >= 11 is 6.08. The van der Waals surface area contributed by atoms with E-state index in [0.29, 0.717) is 27.5 Å². The molecule has 2 amide bonds. The highest BCUT2D eigenvalue weighted by molar-refractivity contribution is 6.30. The van der Waals surface area contributed by atoms with Crippen LogP contribution >= 0.6 is 11.6 Å². The van der Waals surface area contributed by atoms with Gasteiger partial charge in [-0.2, -0.15) is 0 Å². The van der Waals surface area contributed by atoms with E-state index >= 15 is 0 Å². The molecule has 1 aliphatic rings. The minimum absolute atomic E-state index is 0.311. The van der Waals surface area contributed by atoms with Crippen molar-refractivity contribution in [2.24, 2.45) is 0 Å². The van der Waals surface area contributed by atoms with Crippen LogP contribution in [-0.4, -0.2) is 26.7 Å². The fourth-order valence-electron chi connectivity index (χ4n) is 3.20. The zero-order valence-electron chi connectivity index (χ0n) is 13.9. The number of imide groups is 1. The molecule has 0 aliphatic carbocycles. The van der Waals surface area contributed by atoms with E-state index in [1.165, 1.54) is 4.90 Å². The average molecular weight is 364 g/mol. The van der Waals surface area contributed by atoms with Crippen molar-refractivity contribution < 1.29 is 9.59 Å². The summed E-state index contributed by atoms with van der Waals surface area (Å²) in [5.74, 6) is -0.623. The van der Waals surface area contributed by atoms with Crippen LogP contribution in [0.2, 0.25) is 5.02 Å². The lowest BCUT2D eigenvalue weighted by Crippen LogP contribution is -2.33. The quantitative estimate of drug-likeness (QED) is 0.656. The molecular formula is C20H14ClN3O2. The Hall–Kier alpha value is -3.05. The third-order valence-corrected chi connectivity index (χ3v) is 4.68. The van der Waals surface area contributed by atoms with Crippen molar-refractivity contribution in [3.63, 3.8) is 0 Å². The van der Waals surface area contributed by atoms with Gasteiger partial charge in [0.2, 0.25) is 0 Å². The van der Waals surface area contributed by atoms with Crippen molar-refractivity contribution in [1.29, 1.82) is 0 Å². The molecule has 0 N–H and O–H groups in total. The Morgan fingerprint density at radius 2 is 1.54 bits per heavy atom. The molecule has 5 nitrogen and oxygen atoms in total. The molecule has 4 rings (SSSR count). The van der Waals surface area contributed by atoms with Crippen molar-refractivity contribution in [3.05, 3.63) is 82.8 Å². The van der Waals surface area contributed by atoms with Gasteiger partial charge in [-0.05, 0) is 43.3 Å². The summed E-state index contributed by atoms with van der Waals surface area (Å²) < 4.78 is 0. The van der Waals surface area contributed by atoms with Gasteiger partial charge in [-0.1, -0.05) is 23.7 Å². The zero-order valence-corrected chi connectivity index (χ0v) is 14.6. The van der Waals surface area contributed by atoms with Crippen molar-refractivity contribution in [2.75, 3.05) is 0 Å². The van der Waals surface area contributed by atoms with Gasteiger partial charge in [0.05, 0.1) is 28.6 Å². The highest BCUT2D eigenvalue weighted by atomic mass is 35.5. The number of amides is 2. The van der Waals surface area contributed by atoms with Gasteiger partial charge in [-0.15, -0.1) is 0 Å². The lowest BCUT2D eigenvalue weighted by Gasteiger charge is -2.23. The first-order valence-electron chi connectivity index (χ1n) is 8.11. The van der Waals surface area contributed by atoms with Gasteiger partial charge in [0, 0.05) is 23.0 Å². The van der Waals surface area contributed by atoms with E-state index in [4.69, 9.17) is 11.6 Å². The van der Waals surface area contributed by atoms with Gasteiger partial charge in [0.25, 0.3) is 11.8 Å². The van der Waals surface area contributed by atoms with Crippen LogP contribution in [0, 0.1) is 0 Å². The zero-order chi connectivity index (χ0) is 18.3. The Bertz CT molecular complexity index is 1000. The van der Waals surface area contributed by atoms with Gasteiger partial charge in [0.1, 0.15) is 0 Å². The van der Waals surface area contributed by atoms with Crippen LogP contribution in [-0.2, 0) is 0 Å². The smallest absolute Gasteiger partial charge is 0.262 e. The largest absolute Gasteiger partial charge is 0.269 e. The van der Waals surface area contributed by atoms with E-state index in [-0.39, 0.29) is 11.8 Å². The van der Waals surface area contributed by atoms with E-state index in [9.17, 15) is 9.59 Å². The predicted octanol–water partition coefficient (Wildman–Crippen LogP) is 4.15. The van der Waals surface area contributed by atoms with Crippen molar-refractivity contribution in [1.82, 2.24) is 14.9 Å². The van der Waals surface area contributed by atoms with Gasteiger partial charge in [-0.3, -0.25) is 24.5 Å². The van der Waals surface area contributed by atoms with Crippen LogP contribution in [0.15, 0.2) is 60.9 Å². The van der Waals surface area contributed by atoms with E-state index in [0.717, 1.165) is 5.56 Å². The number of benzene rings is 1. The number of carbonyl (C=O) groups excluding carboxylic acids is 2. The number of pyridine rings is 2. The Balaban J connectivity index is 1.78. The molecule has 0 radical (unpaired) electrons. The SMILES string of the molecule is CC(c1ncccc1-c1cc(Cl)ccn1)N1C(=O)c2ccccc2C1=O. The second-order valence-corrected chi connectivity index (χ2v) is 6.43. The van der Waals surface area contributed by atoms with Crippen LogP contribution in [0.25, 0.3) is 11.3 Å². The minimum Gasteiger partial charge on any atom is -0.269 e. The third-order valence-electron chi connectivity index (χ3n) is 4.44. The standard InChI is InChI=1S/C20H14ClN3O2/c1-12(24-19(25)14-5-2-3-6-15(14)20(24)26)18-16(7-4-9-23-18)17-11-13(21)8-10-22-17/h2-12H,1H3. The monoisotopic (exact) mass is 363 g/mol. The third kappa shape index (κ3) is 2.57. The number of hydrogen-bond acceptors (Lipinski definition) is 4. The molecule has 1 unspecified atom stereocenters. The summed E-state index contributed by atoms with van der Waals surface area (Å²) in [7, 11) is 0. The van der Waals surface area contributed by atoms with E-state index < -0.39 is 6.04 Å². The lowest BCUT2D eigenvalue weighted by atomic mass is 10.0. The molecule has 0 saturated carbocycles. The second-order valence-electron chi connectivity index (χ2n) is 6.00. The minimum atomic E-state index is -0.542. The Labute approximate surface area is 155 Å². The number of halogens is 1. The summed E-state index contributed by atoms with van der Waals surface area (Å²) in [5.41, 5.74) is 2.81. The predicted molar refractivity (Wildman–Crippen MR) is 97.8 cm³/mol. The number of nitrogens with zero attached hydrogens (tertiary/aromatic N) is 3. The molecule has 0 fully saturated rings. The molecule has 2 aromatic heterocycles. The first kappa shape index (κ1) is 16.4. The van der Waals surface area contributed by atoms with E-state index in [2.05, 4.69) is 9.97 Å². The molecule has 0 spiro atoms. The Kier molecular flexibility index (Phi) is 4.01. The molecule has 1 atom stereocenters. The normalized spacial score (nSPS) is 14.5. The second kappa shape index (κ2) is 6.35. The number of fused-ring (bicyclic) bond motifs is 1. The lowest BCUT2D eigenvalue weighted by molar-refractivity contribution is 0.0592. The van der Waals surface area contributed by atoms with Crippen LogP contribution < -0.4 is 0 Å². The van der Waals surface area contributed by atoms with Crippen molar-refractivity contribution in [2.45, 2.75) is 13.0 Å². The summed E-state index contributed by atoms with van der Waals surface area (Å²) in [6, 6.07) is 13.4. The molecule has 0 bridgehead atoms. The number of carbonyl (C=O) groups is 2. The average Bonchev–Trinajstić information content (AvgIpc) is 2.92. The fourth-order valence-corrected chi connectivity index (χ4v) is 3.36. The molecule has 26 heavy (non-hydrogen) atoms. The topological polar surface area (TPSA) is 63.2 Å². The Morgan fingerprint density at radius 3 is 2.19 bits per heavy atom. The highest BCUT2D eigenvalue weighted by Crippen LogP contribution is 2.34. The molecular weight excluding hydrogens is 350 g/mol. The number of hydrogen-bond donors (Lipinski definition) is 0. The first-order valence-corrected chi connectivity index (χ1v) is 8.49. The maximum absolute atomic E-state index is 12.8. The van der Waals surface area contributed by atoms with Gasteiger partial charge in [-0.25, -0.2) is 0 Å². The van der Waals surface area contributed by atoms with Gasteiger partial charge >= 0.3 is 0 Å². The summed E-state index contributed by atoms with van der Waals surface area (Å²) in [5, 5.41) is 0.554. The molecule has 128 valence electrons. The van der Waals surface area contributed by atoms with Crippen molar-refractivity contribution >= 4 is 23.4 Å². The molecule has 1 aliphatic heterocycles. The molecule has 6 heteroatoms. The summed E-state index contributed by atoms with van der Waals surface area (Å²) in [6.07, 6.45) is 3.25. The number of rotatable bonds is 3. The van der Waals surface area contributed by atoms with Crippen LogP contribution in [0.5, 0.6) is 0 Å². The number of aromatic nitrogens is 2. The van der Waals surface area contributed by atoms with Gasteiger partial charge in [0.15, 0.2) is 0 Å². The molecule has 0 saturated heterocycles. The molecule has 3 heterocycles. The molecule has 3 aromatic rings. The highest BCUT2D eigenvalue weighted by Gasteiger charge is 2.39. The maximum Gasteiger partial charge on any atom is 0.262 e. The summed E-state index contributed by atoms with van der Waals surface area (Å²) in [4.78, 5) is 35.6. The van der Waals surface area contributed by atoms with Crippen LogP contribution in [0.1, 0.15) is 39.4 Å². The van der Waals surface area contributed by atoms with E-state index in [1.54, 1.807) is 61.8 Å². The van der Waals surface area contributed by atoms with Gasteiger partial charge < -0.3 is 0 Å². The molecule has 1 aromatic carbocycles. The summed E-state index contributed by atoms with van der Waals surface area (Å²) in [6.45, 7) is 1.79. The van der Waals surface area contributed by atoms with Crippen molar-refractivity contribution in [3.8, 4) is 11.3 Å². The van der Waals surface area contributed by atoms with Crippen LogP contribution in [0.3, 0.4) is 0 Å². The maximum atomic E-state index is 12.8. The first-order chi connectivity index (χ1) is 12.6. The van der Waals surface area contributed by atoms with Crippen LogP contribution in [0.4, 0.5) is 0 Å².